The number of nitrogens with zero attached hydrogens (tertiary/aromatic N) is 5. The average molecular weight is 404 g/mol. The molecule has 0 aliphatic carbocycles. The number of pyridine rings is 1. The molecule has 0 aliphatic rings. The Morgan fingerprint density at radius 3 is 2.83 bits per heavy atom. The van der Waals surface area contributed by atoms with E-state index in [1.165, 1.54) is 22.9 Å². The van der Waals surface area contributed by atoms with Gasteiger partial charge in [0.25, 0.3) is 5.91 Å². The van der Waals surface area contributed by atoms with Crippen LogP contribution in [-0.2, 0) is 6.61 Å². The van der Waals surface area contributed by atoms with E-state index in [2.05, 4.69) is 25.8 Å². The quantitative estimate of drug-likeness (QED) is 0.530. The Bertz CT molecular complexity index is 1180. The van der Waals surface area contributed by atoms with E-state index < -0.39 is 5.82 Å². The lowest BCUT2D eigenvalue weighted by Gasteiger charge is -2.10. The predicted octanol–water partition coefficient (Wildman–Crippen LogP) is 3.34. The number of carbonyl (C=O) groups is 1. The van der Waals surface area contributed by atoms with Crippen LogP contribution in [-0.4, -0.2) is 31.1 Å². The maximum absolute atomic E-state index is 14.2. The molecule has 0 aliphatic heterocycles. The van der Waals surface area contributed by atoms with E-state index >= 15 is 0 Å². The average Bonchev–Trinajstić information content (AvgIpc) is 3.20. The number of anilines is 1. The van der Waals surface area contributed by atoms with Gasteiger partial charge in [-0.25, -0.2) is 4.39 Å². The number of tetrazole rings is 1. The molecule has 8 nitrogen and oxygen atoms in total. The fourth-order valence-corrected chi connectivity index (χ4v) is 2.79. The van der Waals surface area contributed by atoms with Crippen LogP contribution in [0.25, 0.3) is 5.69 Å². The Balaban J connectivity index is 1.48. The summed E-state index contributed by atoms with van der Waals surface area (Å²) >= 11 is 0. The van der Waals surface area contributed by atoms with Crippen LogP contribution < -0.4 is 10.1 Å². The van der Waals surface area contributed by atoms with Crippen molar-refractivity contribution in [2.75, 3.05) is 5.32 Å². The van der Waals surface area contributed by atoms with Crippen LogP contribution in [0.2, 0.25) is 0 Å². The number of aromatic nitrogens is 5. The molecule has 30 heavy (non-hydrogen) atoms. The molecule has 0 saturated carbocycles. The maximum atomic E-state index is 14.2. The molecule has 0 radical (unpaired) electrons. The van der Waals surface area contributed by atoms with E-state index in [4.69, 9.17) is 4.74 Å². The minimum Gasteiger partial charge on any atom is -0.489 e. The number of nitrogens with one attached hydrogen (secondary N) is 1. The van der Waals surface area contributed by atoms with Crippen LogP contribution in [0.3, 0.4) is 0 Å². The van der Waals surface area contributed by atoms with Crippen LogP contribution in [0.4, 0.5) is 10.1 Å². The molecule has 2 heterocycles. The van der Waals surface area contributed by atoms with Crippen molar-refractivity contribution in [3.63, 3.8) is 0 Å². The highest BCUT2D eigenvalue weighted by molar-refractivity contribution is 6.04. The number of halogens is 1. The Morgan fingerprint density at radius 1 is 1.17 bits per heavy atom. The normalized spacial score (nSPS) is 10.6. The van der Waals surface area contributed by atoms with Gasteiger partial charge >= 0.3 is 0 Å². The van der Waals surface area contributed by atoms with Gasteiger partial charge in [0.15, 0.2) is 5.82 Å². The Kier molecular flexibility index (Phi) is 5.42. The largest absolute Gasteiger partial charge is 0.489 e. The lowest BCUT2D eigenvalue weighted by molar-refractivity contribution is 0.102. The van der Waals surface area contributed by atoms with Crippen molar-refractivity contribution in [2.24, 2.45) is 0 Å². The SMILES string of the molecule is Cc1nnnn1-c1cc(NC(=O)c2cccc(OCc3cccnc3)c2)ccc1F. The number of carbonyl (C=O) groups excluding carboxylic acids is 1. The summed E-state index contributed by atoms with van der Waals surface area (Å²) in [5.74, 6) is 0.119. The van der Waals surface area contributed by atoms with Crippen LogP contribution >= 0.6 is 0 Å². The van der Waals surface area contributed by atoms with E-state index in [-0.39, 0.29) is 11.6 Å². The van der Waals surface area contributed by atoms with Crippen molar-refractivity contribution in [1.29, 1.82) is 0 Å². The molecule has 2 aromatic carbocycles. The summed E-state index contributed by atoms with van der Waals surface area (Å²) in [4.78, 5) is 16.7. The fourth-order valence-electron chi connectivity index (χ4n) is 2.79. The molecule has 2 aromatic heterocycles. The van der Waals surface area contributed by atoms with E-state index in [9.17, 15) is 9.18 Å². The van der Waals surface area contributed by atoms with Crippen LogP contribution in [0.5, 0.6) is 5.75 Å². The molecule has 1 amide bonds. The van der Waals surface area contributed by atoms with Gasteiger partial charge in [-0.05, 0) is 59.8 Å². The molecule has 0 bridgehead atoms. The van der Waals surface area contributed by atoms with Gasteiger partial charge in [-0.15, -0.1) is 5.10 Å². The zero-order valence-electron chi connectivity index (χ0n) is 16.0. The first-order valence-corrected chi connectivity index (χ1v) is 9.08. The van der Waals surface area contributed by atoms with Crippen molar-refractivity contribution >= 4 is 11.6 Å². The van der Waals surface area contributed by atoms with Gasteiger partial charge in [0.1, 0.15) is 23.9 Å². The third-order valence-corrected chi connectivity index (χ3v) is 4.28. The standard InChI is InChI=1S/C21H17FN6O2/c1-14-25-26-27-28(14)20-11-17(7-8-19(20)22)24-21(29)16-5-2-6-18(10-16)30-13-15-4-3-9-23-12-15/h2-12H,13H2,1H3,(H,24,29). The molecule has 0 saturated heterocycles. The summed E-state index contributed by atoms with van der Waals surface area (Å²) in [6.45, 7) is 1.99. The number of aryl methyl sites for hydroxylation is 1. The smallest absolute Gasteiger partial charge is 0.255 e. The van der Waals surface area contributed by atoms with E-state index in [0.717, 1.165) is 5.56 Å². The van der Waals surface area contributed by atoms with Crippen LogP contribution in [0.15, 0.2) is 67.0 Å². The third kappa shape index (κ3) is 4.30. The highest BCUT2D eigenvalue weighted by Gasteiger charge is 2.13. The molecule has 4 aromatic rings. The van der Waals surface area contributed by atoms with Crippen molar-refractivity contribution in [3.05, 3.63) is 89.8 Å². The van der Waals surface area contributed by atoms with Gasteiger partial charge in [0.05, 0.1) is 0 Å². The molecule has 0 unspecified atom stereocenters. The van der Waals surface area contributed by atoms with Crippen LogP contribution in [0, 0.1) is 12.7 Å². The minimum atomic E-state index is -0.505. The molecule has 150 valence electrons. The highest BCUT2D eigenvalue weighted by atomic mass is 19.1. The molecule has 1 N–H and O–H groups in total. The maximum Gasteiger partial charge on any atom is 0.255 e. The van der Waals surface area contributed by atoms with Crippen molar-refractivity contribution in [1.82, 2.24) is 25.2 Å². The first-order valence-electron chi connectivity index (χ1n) is 9.08. The Morgan fingerprint density at radius 2 is 2.07 bits per heavy atom. The molecular weight excluding hydrogens is 387 g/mol. The lowest BCUT2D eigenvalue weighted by atomic mass is 10.2. The van der Waals surface area contributed by atoms with Gasteiger partial charge in [0, 0.05) is 29.2 Å². The molecular formula is C21H17FN6O2. The number of ether oxygens (including phenoxy) is 1. The third-order valence-electron chi connectivity index (χ3n) is 4.28. The molecule has 4 rings (SSSR count). The van der Waals surface area contributed by atoms with Gasteiger partial charge in [-0.3, -0.25) is 9.78 Å². The summed E-state index contributed by atoms with van der Waals surface area (Å²) in [7, 11) is 0. The van der Waals surface area contributed by atoms with Crippen molar-refractivity contribution in [3.8, 4) is 11.4 Å². The number of rotatable bonds is 6. The van der Waals surface area contributed by atoms with Gasteiger partial charge < -0.3 is 10.1 Å². The minimum absolute atomic E-state index is 0.142. The monoisotopic (exact) mass is 404 g/mol. The predicted molar refractivity (Wildman–Crippen MR) is 107 cm³/mol. The molecule has 0 spiro atoms. The van der Waals surface area contributed by atoms with Gasteiger partial charge in [-0.2, -0.15) is 4.68 Å². The number of amides is 1. The van der Waals surface area contributed by atoms with Gasteiger partial charge in [-0.1, -0.05) is 12.1 Å². The Labute approximate surface area is 171 Å². The Hall–Kier alpha value is -4.14. The summed E-state index contributed by atoms with van der Waals surface area (Å²) in [6, 6.07) is 14.7. The topological polar surface area (TPSA) is 94.8 Å². The fraction of sp³-hybridized carbons (Fsp3) is 0.0952. The number of hydrogen-bond donors (Lipinski definition) is 1. The summed E-state index contributed by atoms with van der Waals surface area (Å²) < 4.78 is 21.2. The number of benzene rings is 2. The second kappa shape index (κ2) is 8.48. The first kappa shape index (κ1) is 19.2. The molecule has 9 heteroatoms. The molecule has 0 fully saturated rings. The zero-order chi connectivity index (χ0) is 20.9. The van der Waals surface area contributed by atoms with Crippen LogP contribution in [0.1, 0.15) is 21.7 Å². The van der Waals surface area contributed by atoms with E-state index in [0.29, 0.717) is 29.4 Å². The highest BCUT2D eigenvalue weighted by Crippen LogP contribution is 2.21. The zero-order valence-corrected chi connectivity index (χ0v) is 16.0. The first-order chi connectivity index (χ1) is 14.6. The summed E-state index contributed by atoms with van der Waals surface area (Å²) in [5.41, 5.74) is 1.88. The second-order valence-electron chi connectivity index (χ2n) is 6.44. The summed E-state index contributed by atoms with van der Waals surface area (Å²) in [5, 5.41) is 13.8. The number of hydrogen-bond acceptors (Lipinski definition) is 6. The van der Waals surface area contributed by atoms with E-state index in [1.807, 2.05) is 12.1 Å². The van der Waals surface area contributed by atoms with E-state index in [1.54, 1.807) is 43.6 Å². The lowest BCUT2D eigenvalue weighted by Crippen LogP contribution is -2.13. The van der Waals surface area contributed by atoms with Crippen molar-refractivity contribution < 1.29 is 13.9 Å². The van der Waals surface area contributed by atoms with Crippen molar-refractivity contribution in [2.45, 2.75) is 13.5 Å². The van der Waals surface area contributed by atoms with Gasteiger partial charge in [0.2, 0.25) is 0 Å². The summed E-state index contributed by atoms with van der Waals surface area (Å²) in [6.07, 6.45) is 3.41. The second-order valence-corrected chi connectivity index (χ2v) is 6.44. The molecule has 0 atom stereocenters.